The van der Waals surface area contributed by atoms with E-state index in [2.05, 4.69) is 15.6 Å². The van der Waals surface area contributed by atoms with Gasteiger partial charge in [0.1, 0.15) is 11.1 Å². The second-order valence-corrected chi connectivity index (χ2v) is 7.44. The number of nitrogens with one attached hydrogen (secondary N) is 2. The van der Waals surface area contributed by atoms with Crippen molar-refractivity contribution in [2.24, 2.45) is 0 Å². The molecule has 150 valence electrons. The Balaban J connectivity index is 1.49. The van der Waals surface area contributed by atoms with Crippen LogP contribution in [0.2, 0.25) is 0 Å². The standard InChI is InChI=1S/C22H17N3O4S/c1-13(26)23-11-14-6-8-15(9-7-14)18-12-30-22(24-18)25-20(27)17-10-16-4-2-3-5-19(16)29-21(17)28/h2-10,12H,11H2,1H3,(H,23,26)(H,24,25,27). The van der Waals surface area contributed by atoms with Gasteiger partial charge in [-0.15, -0.1) is 11.3 Å². The number of anilines is 1. The van der Waals surface area contributed by atoms with Crippen LogP contribution in [-0.2, 0) is 11.3 Å². The summed E-state index contributed by atoms with van der Waals surface area (Å²) in [6.07, 6.45) is 0. The first-order valence-electron chi connectivity index (χ1n) is 9.13. The van der Waals surface area contributed by atoms with E-state index in [4.69, 9.17) is 4.42 Å². The molecule has 2 amide bonds. The predicted molar refractivity (Wildman–Crippen MR) is 116 cm³/mol. The predicted octanol–water partition coefficient (Wildman–Crippen LogP) is 3.80. The minimum Gasteiger partial charge on any atom is -0.422 e. The second-order valence-electron chi connectivity index (χ2n) is 6.58. The van der Waals surface area contributed by atoms with Crippen LogP contribution in [0, 0.1) is 0 Å². The van der Waals surface area contributed by atoms with Crippen LogP contribution in [0.5, 0.6) is 0 Å². The number of thiazole rings is 1. The molecule has 0 spiro atoms. The Hall–Kier alpha value is -3.78. The quantitative estimate of drug-likeness (QED) is 0.479. The number of fused-ring (bicyclic) bond motifs is 1. The molecule has 4 aromatic rings. The van der Waals surface area contributed by atoms with Gasteiger partial charge >= 0.3 is 5.63 Å². The zero-order valence-electron chi connectivity index (χ0n) is 16.0. The van der Waals surface area contributed by atoms with E-state index in [9.17, 15) is 14.4 Å². The van der Waals surface area contributed by atoms with E-state index in [-0.39, 0.29) is 11.5 Å². The first kappa shape index (κ1) is 19.5. The van der Waals surface area contributed by atoms with Crippen molar-refractivity contribution < 1.29 is 14.0 Å². The van der Waals surface area contributed by atoms with Gasteiger partial charge in [-0.2, -0.15) is 0 Å². The molecule has 2 aromatic heterocycles. The van der Waals surface area contributed by atoms with Crippen molar-refractivity contribution in [3.8, 4) is 11.3 Å². The fourth-order valence-corrected chi connectivity index (χ4v) is 3.58. The first-order chi connectivity index (χ1) is 14.5. The Morgan fingerprint density at radius 3 is 2.63 bits per heavy atom. The van der Waals surface area contributed by atoms with E-state index in [0.717, 1.165) is 11.1 Å². The highest BCUT2D eigenvalue weighted by atomic mass is 32.1. The van der Waals surface area contributed by atoms with Gasteiger partial charge in [0.2, 0.25) is 5.91 Å². The highest BCUT2D eigenvalue weighted by molar-refractivity contribution is 7.14. The van der Waals surface area contributed by atoms with Gasteiger partial charge in [0, 0.05) is 29.8 Å². The summed E-state index contributed by atoms with van der Waals surface area (Å²) >= 11 is 1.26. The SMILES string of the molecule is CC(=O)NCc1ccc(-c2csc(NC(=O)c3cc4ccccc4oc3=O)n2)cc1. The highest BCUT2D eigenvalue weighted by Gasteiger charge is 2.15. The lowest BCUT2D eigenvalue weighted by Gasteiger charge is -2.04. The average Bonchev–Trinajstić information content (AvgIpc) is 3.20. The molecule has 4 rings (SSSR count). The molecule has 0 atom stereocenters. The molecule has 2 heterocycles. The second kappa shape index (κ2) is 8.30. The summed E-state index contributed by atoms with van der Waals surface area (Å²) in [4.78, 5) is 40.1. The Kier molecular flexibility index (Phi) is 5.40. The number of hydrogen-bond acceptors (Lipinski definition) is 6. The van der Waals surface area contributed by atoms with E-state index in [1.165, 1.54) is 24.3 Å². The summed E-state index contributed by atoms with van der Waals surface area (Å²) in [6, 6.07) is 16.1. The summed E-state index contributed by atoms with van der Waals surface area (Å²) in [5.74, 6) is -0.652. The lowest BCUT2D eigenvalue weighted by molar-refractivity contribution is -0.119. The van der Waals surface area contributed by atoms with Crippen LogP contribution < -0.4 is 16.3 Å². The van der Waals surface area contributed by atoms with Crippen molar-refractivity contribution in [2.75, 3.05) is 5.32 Å². The smallest absolute Gasteiger partial charge is 0.349 e. The molecule has 7 nitrogen and oxygen atoms in total. The molecule has 0 saturated heterocycles. The Morgan fingerprint density at radius 2 is 1.87 bits per heavy atom. The van der Waals surface area contributed by atoms with Gasteiger partial charge in [0.15, 0.2) is 5.13 Å². The molecule has 0 saturated carbocycles. The van der Waals surface area contributed by atoms with Crippen molar-refractivity contribution in [1.82, 2.24) is 10.3 Å². The lowest BCUT2D eigenvalue weighted by atomic mass is 10.1. The van der Waals surface area contributed by atoms with Gasteiger partial charge in [-0.1, -0.05) is 42.5 Å². The Morgan fingerprint density at radius 1 is 1.10 bits per heavy atom. The molecule has 30 heavy (non-hydrogen) atoms. The number of para-hydroxylation sites is 1. The fourth-order valence-electron chi connectivity index (χ4n) is 2.87. The summed E-state index contributed by atoms with van der Waals surface area (Å²) < 4.78 is 5.21. The maximum atomic E-state index is 12.6. The van der Waals surface area contributed by atoms with E-state index in [1.807, 2.05) is 29.6 Å². The number of hydrogen-bond donors (Lipinski definition) is 2. The van der Waals surface area contributed by atoms with Gasteiger partial charge in [-0.3, -0.25) is 14.9 Å². The molecule has 0 bridgehead atoms. The Labute approximate surface area is 175 Å². The van der Waals surface area contributed by atoms with Crippen LogP contribution in [-0.4, -0.2) is 16.8 Å². The number of carbonyl (C=O) groups is 2. The minimum atomic E-state index is -0.697. The van der Waals surface area contributed by atoms with Gasteiger partial charge < -0.3 is 9.73 Å². The van der Waals surface area contributed by atoms with Crippen LogP contribution in [0.1, 0.15) is 22.8 Å². The molecular weight excluding hydrogens is 402 g/mol. The minimum absolute atomic E-state index is 0.0761. The number of benzene rings is 2. The molecule has 2 aromatic carbocycles. The summed E-state index contributed by atoms with van der Waals surface area (Å²) in [5.41, 5.74) is 2.21. The normalized spacial score (nSPS) is 10.7. The maximum Gasteiger partial charge on any atom is 0.349 e. The number of rotatable bonds is 5. The van der Waals surface area contributed by atoms with Crippen molar-refractivity contribution >= 4 is 39.3 Å². The lowest BCUT2D eigenvalue weighted by Crippen LogP contribution is -2.20. The molecule has 0 aliphatic heterocycles. The van der Waals surface area contributed by atoms with Crippen molar-refractivity contribution in [1.29, 1.82) is 0 Å². The average molecular weight is 419 g/mol. The number of amides is 2. The van der Waals surface area contributed by atoms with Gasteiger partial charge in [-0.05, 0) is 17.7 Å². The largest absolute Gasteiger partial charge is 0.422 e. The number of carbonyl (C=O) groups excluding carboxylic acids is 2. The fraction of sp³-hybridized carbons (Fsp3) is 0.0909. The van der Waals surface area contributed by atoms with Crippen LogP contribution >= 0.6 is 11.3 Å². The van der Waals surface area contributed by atoms with Crippen molar-refractivity contribution in [3.05, 3.63) is 81.5 Å². The van der Waals surface area contributed by atoms with E-state index in [1.54, 1.807) is 24.3 Å². The van der Waals surface area contributed by atoms with Gasteiger partial charge in [-0.25, -0.2) is 9.78 Å². The molecule has 0 radical (unpaired) electrons. The molecule has 0 fully saturated rings. The maximum absolute atomic E-state index is 12.6. The van der Waals surface area contributed by atoms with Crippen LogP contribution in [0.15, 0.2) is 69.2 Å². The molecule has 0 aliphatic carbocycles. The molecule has 8 heteroatoms. The molecular formula is C22H17N3O4S. The Bertz CT molecular complexity index is 1290. The van der Waals surface area contributed by atoms with E-state index < -0.39 is 11.5 Å². The topological polar surface area (TPSA) is 101 Å². The van der Waals surface area contributed by atoms with Gasteiger partial charge in [0.05, 0.1) is 5.69 Å². The summed E-state index contributed by atoms with van der Waals surface area (Å²) in [7, 11) is 0. The van der Waals surface area contributed by atoms with Crippen LogP contribution in [0.25, 0.3) is 22.2 Å². The zero-order chi connectivity index (χ0) is 21.1. The first-order valence-corrected chi connectivity index (χ1v) is 10.0. The van der Waals surface area contributed by atoms with Crippen molar-refractivity contribution in [2.45, 2.75) is 13.5 Å². The molecule has 0 unspecified atom stereocenters. The summed E-state index contributed by atoms with van der Waals surface area (Å²) in [5, 5.41) is 8.27. The summed E-state index contributed by atoms with van der Waals surface area (Å²) in [6.45, 7) is 1.93. The van der Waals surface area contributed by atoms with Crippen LogP contribution in [0.4, 0.5) is 5.13 Å². The molecule has 2 N–H and O–H groups in total. The monoisotopic (exact) mass is 419 g/mol. The third-order valence-electron chi connectivity index (χ3n) is 4.40. The van der Waals surface area contributed by atoms with E-state index in [0.29, 0.717) is 28.3 Å². The number of nitrogens with zero attached hydrogens (tertiary/aromatic N) is 1. The number of aromatic nitrogens is 1. The zero-order valence-corrected chi connectivity index (χ0v) is 16.8. The van der Waals surface area contributed by atoms with Gasteiger partial charge in [0.25, 0.3) is 5.91 Å². The third-order valence-corrected chi connectivity index (χ3v) is 5.16. The van der Waals surface area contributed by atoms with Crippen LogP contribution in [0.3, 0.4) is 0 Å². The third kappa shape index (κ3) is 4.28. The molecule has 0 aliphatic rings. The highest BCUT2D eigenvalue weighted by Crippen LogP contribution is 2.25. The van der Waals surface area contributed by atoms with Crippen molar-refractivity contribution in [3.63, 3.8) is 0 Å². The van der Waals surface area contributed by atoms with E-state index >= 15 is 0 Å².